The summed E-state index contributed by atoms with van der Waals surface area (Å²) in [6.45, 7) is 6.97. The SMILES string of the molecule is C=C1C(=O)O[C@@H]2/C=C(\C)CC(C)/C=C/C[C@@H](OC(=O)/C(=C/CO)CO)[C@@H]12. The molecule has 0 saturated carbocycles. The monoisotopic (exact) mass is 362 g/mol. The molecular formula is C20H26O6. The number of hydrogen-bond acceptors (Lipinski definition) is 6. The van der Waals surface area contributed by atoms with Gasteiger partial charge in [-0.2, -0.15) is 0 Å². The number of carbonyl (C=O) groups is 2. The average molecular weight is 362 g/mol. The highest BCUT2D eigenvalue weighted by Crippen LogP contribution is 2.35. The maximum atomic E-state index is 12.3. The summed E-state index contributed by atoms with van der Waals surface area (Å²) in [7, 11) is 0. The van der Waals surface area contributed by atoms with Crippen LogP contribution in [0.2, 0.25) is 0 Å². The molecule has 1 aliphatic carbocycles. The van der Waals surface area contributed by atoms with Gasteiger partial charge < -0.3 is 19.7 Å². The largest absolute Gasteiger partial charge is 0.458 e. The lowest BCUT2D eigenvalue weighted by Gasteiger charge is -2.26. The summed E-state index contributed by atoms with van der Waals surface area (Å²) in [5.41, 5.74) is 1.33. The van der Waals surface area contributed by atoms with Gasteiger partial charge in [-0.05, 0) is 31.4 Å². The van der Waals surface area contributed by atoms with Crippen molar-refractivity contribution >= 4 is 11.9 Å². The highest BCUT2D eigenvalue weighted by Gasteiger charge is 2.44. The Kier molecular flexibility index (Phi) is 6.94. The van der Waals surface area contributed by atoms with Crippen molar-refractivity contribution in [2.45, 2.75) is 38.9 Å². The molecule has 0 radical (unpaired) electrons. The second-order valence-corrected chi connectivity index (χ2v) is 6.79. The second kappa shape index (κ2) is 8.96. The summed E-state index contributed by atoms with van der Waals surface area (Å²) in [5.74, 6) is -1.40. The number of carbonyl (C=O) groups excluding carboxylic acids is 2. The summed E-state index contributed by atoms with van der Waals surface area (Å²) < 4.78 is 11.0. The predicted molar refractivity (Wildman–Crippen MR) is 95.9 cm³/mol. The molecule has 1 fully saturated rings. The van der Waals surface area contributed by atoms with Crippen LogP contribution >= 0.6 is 0 Å². The van der Waals surface area contributed by atoms with E-state index in [0.29, 0.717) is 12.3 Å². The molecule has 6 heteroatoms. The molecule has 1 aliphatic heterocycles. The molecule has 0 bridgehead atoms. The van der Waals surface area contributed by atoms with Gasteiger partial charge in [0.15, 0.2) is 0 Å². The molecule has 0 amide bonds. The van der Waals surface area contributed by atoms with Crippen LogP contribution in [0.15, 0.2) is 47.6 Å². The Labute approximate surface area is 153 Å². The molecule has 26 heavy (non-hydrogen) atoms. The van der Waals surface area contributed by atoms with Gasteiger partial charge in [0.2, 0.25) is 0 Å². The van der Waals surface area contributed by atoms with E-state index in [9.17, 15) is 14.7 Å². The third kappa shape index (κ3) is 4.71. The van der Waals surface area contributed by atoms with Crippen LogP contribution < -0.4 is 0 Å². The molecule has 0 aromatic carbocycles. The van der Waals surface area contributed by atoms with E-state index in [1.807, 2.05) is 19.1 Å². The van der Waals surface area contributed by atoms with Crippen LogP contribution in [-0.2, 0) is 19.1 Å². The van der Waals surface area contributed by atoms with Gasteiger partial charge in [0, 0.05) is 12.0 Å². The lowest BCUT2D eigenvalue weighted by atomic mass is 9.86. The van der Waals surface area contributed by atoms with Gasteiger partial charge in [0.1, 0.15) is 12.2 Å². The molecule has 1 heterocycles. The van der Waals surface area contributed by atoms with Gasteiger partial charge in [-0.25, -0.2) is 9.59 Å². The van der Waals surface area contributed by atoms with E-state index in [4.69, 9.17) is 14.6 Å². The molecule has 4 atom stereocenters. The Balaban J connectivity index is 2.33. The molecule has 1 saturated heterocycles. The molecule has 0 aromatic rings. The zero-order valence-electron chi connectivity index (χ0n) is 15.2. The number of fused-ring (bicyclic) bond motifs is 1. The minimum atomic E-state index is -0.725. The summed E-state index contributed by atoms with van der Waals surface area (Å²) >= 11 is 0. The summed E-state index contributed by atoms with van der Waals surface area (Å²) in [6, 6.07) is 0. The Bertz CT molecular complexity index is 657. The molecule has 0 aromatic heterocycles. The fourth-order valence-corrected chi connectivity index (χ4v) is 3.35. The van der Waals surface area contributed by atoms with Crippen molar-refractivity contribution in [2.24, 2.45) is 11.8 Å². The van der Waals surface area contributed by atoms with E-state index < -0.39 is 36.7 Å². The lowest BCUT2D eigenvalue weighted by molar-refractivity contribution is -0.147. The molecular weight excluding hydrogens is 336 g/mol. The van der Waals surface area contributed by atoms with Crippen LogP contribution in [-0.4, -0.2) is 47.6 Å². The minimum absolute atomic E-state index is 0.0268. The summed E-state index contributed by atoms with van der Waals surface area (Å²) in [6.07, 6.45) is 7.13. The Morgan fingerprint density at radius 2 is 2.19 bits per heavy atom. The smallest absolute Gasteiger partial charge is 0.336 e. The van der Waals surface area contributed by atoms with E-state index in [0.717, 1.165) is 12.0 Å². The third-order valence-electron chi connectivity index (χ3n) is 4.62. The number of aliphatic hydroxyl groups is 2. The Morgan fingerprint density at radius 1 is 1.46 bits per heavy atom. The molecule has 2 N–H and O–H groups in total. The van der Waals surface area contributed by atoms with Gasteiger partial charge in [0.05, 0.1) is 24.7 Å². The number of esters is 2. The van der Waals surface area contributed by atoms with Crippen molar-refractivity contribution in [3.8, 4) is 0 Å². The maximum Gasteiger partial charge on any atom is 0.336 e. The fourth-order valence-electron chi connectivity index (χ4n) is 3.35. The van der Waals surface area contributed by atoms with Crippen molar-refractivity contribution in [3.63, 3.8) is 0 Å². The molecule has 142 valence electrons. The van der Waals surface area contributed by atoms with E-state index in [-0.39, 0.29) is 17.8 Å². The third-order valence-corrected chi connectivity index (χ3v) is 4.62. The first-order chi connectivity index (χ1) is 12.4. The van der Waals surface area contributed by atoms with Crippen LogP contribution in [0.5, 0.6) is 0 Å². The number of hydrogen-bond donors (Lipinski definition) is 2. The van der Waals surface area contributed by atoms with E-state index >= 15 is 0 Å². The normalized spacial score (nSPS) is 32.9. The first-order valence-electron chi connectivity index (χ1n) is 8.72. The number of rotatable bonds is 4. The number of allylic oxidation sites excluding steroid dienone is 2. The maximum absolute atomic E-state index is 12.3. The Hall–Kier alpha value is -2.18. The zero-order chi connectivity index (χ0) is 19.3. The highest BCUT2D eigenvalue weighted by atomic mass is 16.6. The van der Waals surface area contributed by atoms with E-state index in [2.05, 4.69) is 19.6 Å². The minimum Gasteiger partial charge on any atom is -0.458 e. The second-order valence-electron chi connectivity index (χ2n) is 6.79. The predicted octanol–water partition coefficient (Wildman–Crippen LogP) is 1.84. The van der Waals surface area contributed by atoms with Crippen LogP contribution in [0.3, 0.4) is 0 Å². The van der Waals surface area contributed by atoms with Crippen molar-refractivity contribution in [1.29, 1.82) is 0 Å². The van der Waals surface area contributed by atoms with Crippen LogP contribution in [0.1, 0.15) is 26.7 Å². The van der Waals surface area contributed by atoms with Crippen molar-refractivity contribution in [1.82, 2.24) is 0 Å². The molecule has 0 spiro atoms. The van der Waals surface area contributed by atoms with Gasteiger partial charge in [-0.3, -0.25) is 0 Å². The summed E-state index contributed by atoms with van der Waals surface area (Å²) in [5, 5.41) is 18.3. The summed E-state index contributed by atoms with van der Waals surface area (Å²) in [4.78, 5) is 24.4. The zero-order valence-corrected chi connectivity index (χ0v) is 15.2. The van der Waals surface area contributed by atoms with Gasteiger partial charge in [-0.15, -0.1) is 0 Å². The number of aliphatic hydroxyl groups excluding tert-OH is 2. The van der Waals surface area contributed by atoms with E-state index in [1.54, 1.807) is 0 Å². The van der Waals surface area contributed by atoms with E-state index in [1.165, 1.54) is 6.08 Å². The van der Waals surface area contributed by atoms with Gasteiger partial charge >= 0.3 is 11.9 Å². The number of ether oxygens (including phenoxy) is 2. The molecule has 2 aliphatic rings. The first kappa shape index (κ1) is 20.1. The molecule has 2 rings (SSSR count). The van der Waals surface area contributed by atoms with Crippen LogP contribution in [0, 0.1) is 11.8 Å². The fraction of sp³-hybridized carbons (Fsp3) is 0.500. The lowest BCUT2D eigenvalue weighted by Crippen LogP contribution is -2.33. The highest BCUT2D eigenvalue weighted by molar-refractivity contribution is 5.92. The van der Waals surface area contributed by atoms with Gasteiger partial charge in [-0.1, -0.05) is 31.2 Å². The van der Waals surface area contributed by atoms with Crippen molar-refractivity contribution in [3.05, 3.63) is 47.6 Å². The molecule has 6 nitrogen and oxygen atoms in total. The van der Waals surface area contributed by atoms with Crippen molar-refractivity contribution in [2.75, 3.05) is 13.2 Å². The van der Waals surface area contributed by atoms with Gasteiger partial charge in [0.25, 0.3) is 0 Å². The quantitative estimate of drug-likeness (QED) is 0.450. The van der Waals surface area contributed by atoms with Crippen LogP contribution in [0.4, 0.5) is 0 Å². The Morgan fingerprint density at radius 3 is 2.85 bits per heavy atom. The topological polar surface area (TPSA) is 93.1 Å². The molecule has 1 unspecified atom stereocenters. The average Bonchev–Trinajstić information content (AvgIpc) is 2.84. The first-order valence-corrected chi connectivity index (χ1v) is 8.72. The van der Waals surface area contributed by atoms with Crippen molar-refractivity contribution < 1.29 is 29.3 Å². The van der Waals surface area contributed by atoms with Crippen LogP contribution in [0.25, 0.3) is 0 Å². The standard InChI is InChI=1S/C20H26O6/c1-12-5-4-6-16(25-20(24)15(11-22)7-8-21)18-14(3)19(23)26-17(18)10-13(2)9-12/h4-5,7,10,12,16-18,21-22H,3,6,8-9,11H2,1-2H3/b5-4+,13-10+,15-7+/t12?,16-,17-,18-/m1/s1.